The molecule has 0 saturated heterocycles. The normalized spacial score (nSPS) is 8.23. The van der Waals surface area contributed by atoms with E-state index < -0.39 is 0 Å². The fourth-order valence-electron chi connectivity index (χ4n) is 0.748. The van der Waals surface area contributed by atoms with Crippen LogP contribution in [-0.4, -0.2) is 17.3 Å². The molecule has 3 nitrogen and oxygen atoms in total. The molecule has 0 aliphatic rings. The van der Waals surface area contributed by atoms with Crippen LogP contribution < -0.4 is 5.32 Å². The first kappa shape index (κ1) is 11.8. The van der Waals surface area contributed by atoms with Gasteiger partial charge in [-0.1, -0.05) is 0 Å². The highest BCUT2D eigenvalue weighted by atomic mass is 32.1. The van der Waals surface area contributed by atoms with Gasteiger partial charge in [0, 0.05) is 12.6 Å². The van der Waals surface area contributed by atoms with Crippen molar-refractivity contribution < 1.29 is 9.90 Å². The standard InChI is InChI=1S/C8H9NO2.CH4S/c1-6(10)9-7-2-4-8(11)5-3-7;1-2/h2-5,11H,1H3,(H,9,10);2H,1H3. The summed E-state index contributed by atoms with van der Waals surface area (Å²) in [5.74, 6) is 0.0785. The average molecular weight is 199 g/mol. The van der Waals surface area contributed by atoms with Crippen LogP contribution in [0.1, 0.15) is 6.92 Å². The summed E-state index contributed by atoms with van der Waals surface area (Å²) in [6, 6.07) is 6.31. The highest BCUT2D eigenvalue weighted by Crippen LogP contribution is 2.13. The molecule has 1 aromatic rings. The summed E-state index contributed by atoms with van der Waals surface area (Å²) in [6.07, 6.45) is 1.69. The zero-order valence-corrected chi connectivity index (χ0v) is 8.51. The molecule has 0 heterocycles. The first-order chi connectivity index (χ1) is 6.18. The molecular formula is C9H13NO2S. The molecule has 0 saturated carbocycles. The minimum Gasteiger partial charge on any atom is -0.508 e. The van der Waals surface area contributed by atoms with E-state index in [1.54, 1.807) is 18.4 Å². The fraction of sp³-hybridized carbons (Fsp3) is 0.222. The first-order valence-corrected chi connectivity index (χ1v) is 4.59. The third-order valence-corrected chi connectivity index (χ3v) is 1.19. The molecule has 72 valence electrons. The van der Waals surface area contributed by atoms with Crippen molar-refractivity contribution in [2.45, 2.75) is 6.92 Å². The van der Waals surface area contributed by atoms with Crippen LogP contribution in [0.15, 0.2) is 24.3 Å². The number of hydrogen-bond acceptors (Lipinski definition) is 3. The minimum atomic E-state index is -0.115. The number of anilines is 1. The second kappa shape index (κ2) is 6.37. The smallest absolute Gasteiger partial charge is 0.221 e. The van der Waals surface area contributed by atoms with Gasteiger partial charge in [0.05, 0.1) is 0 Å². The second-order valence-corrected chi connectivity index (χ2v) is 2.23. The van der Waals surface area contributed by atoms with Crippen molar-refractivity contribution in [3.63, 3.8) is 0 Å². The SMILES string of the molecule is CC(=O)Nc1ccc(O)cc1.CS. The molecule has 13 heavy (non-hydrogen) atoms. The summed E-state index contributed by atoms with van der Waals surface area (Å²) in [5.41, 5.74) is 0.690. The van der Waals surface area contributed by atoms with Gasteiger partial charge in [-0.25, -0.2) is 0 Å². The number of nitrogens with one attached hydrogen (secondary N) is 1. The summed E-state index contributed by atoms with van der Waals surface area (Å²) >= 11 is 3.53. The van der Waals surface area contributed by atoms with Crippen LogP contribution in [0.3, 0.4) is 0 Å². The van der Waals surface area contributed by atoms with Gasteiger partial charge < -0.3 is 10.4 Å². The number of carbonyl (C=O) groups excluding carboxylic acids is 1. The zero-order valence-electron chi connectivity index (χ0n) is 7.61. The van der Waals surface area contributed by atoms with Crippen molar-refractivity contribution in [3.8, 4) is 5.75 Å². The molecule has 0 fully saturated rings. The van der Waals surface area contributed by atoms with Gasteiger partial charge in [-0.3, -0.25) is 4.79 Å². The Hall–Kier alpha value is -1.16. The predicted octanol–water partition coefficient (Wildman–Crippen LogP) is 1.90. The number of aromatic hydroxyl groups is 1. The van der Waals surface area contributed by atoms with Crippen LogP contribution in [-0.2, 0) is 4.79 Å². The number of rotatable bonds is 1. The molecule has 0 aliphatic carbocycles. The molecule has 4 heteroatoms. The van der Waals surface area contributed by atoms with E-state index in [2.05, 4.69) is 17.9 Å². The quantitative estimate of drug-likeness (QED) is 0.478. The van der Waals surface area contributed by atoms with Crippen molar-refractivity contribution in [2.75, 3.05) is 11.6 Å². The lowest BCUT2D eigenvalue weighted by Gasteiger charge is -1.99. The van der Waals surface area contributed by atoms with Crippen LogP contribution in [0.2, 0.25) is 0 Å². The lowest BCUT2D eigenvalue weighted by Crippen LogP contribution is -2.04. The number of phenolic OH excluding ortho intramolecular Hbond substituents is 1. The van der Waals surface area contributed by atoms with Crippen molar-refractivity contribution in [1.29, 1.82) is 0 Å². The van der Waals surface area contributed by atoms with Gasteiger partial charge in [-0.2, -0.15) is 12.6 Å². The number of benzene rings is 1. The topological polar surface area (TPSA) is 49.3 Å². The summed E-state index contributed by atoms with van der Waals surface area (Å²) < 4.78 is 0. The van der Waals surface area contributed by atoms with Crippen molar-refractivity contribution in [3.05, 3.63) is 24.3 Å². The van der Waals surface area contributed by atoms with Gasteiger partial charge in [0.15, 0.2) is 0 Å². The molecule has 0 radical (unpaired) electrons. The Kier molecular flexibility index (Phi) is 5.80. The summed E-state index contributed by atoms with van der Waals surface area (Å²) in [6.45, 7) is 1.44. The number of carbonyl (C=O) groups is 1. The lowest BCUT2D eigenvalue weighted by molar-refractivity contribution is -0.114. The Bertz CT molecular complexity index is 259. The van der Waals surface area contributed by atoms with E-state index in [4.69, 9.17) is 5.11 Å². The van der Waals surface area contributed by atoms with Gasteiger partial charge in [-0.05, 0) is 30.5 Å². The molecule has 0 atom stereocenters. The van der Waals surface area contributed by atoms with E-state index in [1.807, 2.05) is 0 Å². The molecule has 0 unspecified atom stereocenters. The van der Waals surface area contributed by atoms with Crippen LogP contribution >= 0.6 is 12.6 Å². The van der Waals surface area contributed by atoms with Crippen molar-refractivity contribution >= 4 is 24.2 Å². The first-order valence-electron chi connectivity index (χ1n) is 3.70. The summed E-state index contributed by atoms with van der Waals surface area (Å²) in [4.78, 5) is 10.5. The molecular weight excluding hydrogens is 186 g/mol. The molecule has 1 amide bonds. The molecule has 2 N–H and O–H groups in total. The van der Waals surface area contributed by atoms with Gasteiger partial charge in [-0.15, -0.1) is 0 Å². The van der Waals surface area contributed by atoms with Crippen LogP contribution in [0.5, 0.6) is 5.75 Å². The van der Waals surface area contributed by atoms with E-state index in [0.29, 0.717) is 5.69 Å². The Morgan fingerprint density at radius 1 is 1.31 bits per heavy atom. The highest BCUT2D eigenvalue weighted by molar-refractivity contribution is 7.79. The lowest BCUT2D eigenvalue weighted by atomic mass is 10.3. The summed E-state index contributed by atoms with van der Waals surface area (Å²) in [7, 11) is 0. The second-order valence-electron chi connectivity index (χ2n) is 2.23. The molecule has 0 spiro atoms. The van der Waals surface area contributed by atoms with Crippen LogP contribution in [0.25, 0.3) is 0 Å². The monoisotopic (exact) mass is 199 g/mol. The number of amides is 1. The van der Waals surface area contributed by atoms with E-state index >= 15 is 0 Å². The van der Waals surface area contributed by atoms with Crippen LogP contribution in [0, 0.1) is 0 Å². The predicted molar refractivity (Wildman–Crippen MR) is 57.3 cm³/mol. The van der Waals surface area contributed by atoms with Gasteiger partial charge in [0.25, 0.3) is 0 Å². The van der Waals surface area contributed by atoms with E-state index in [9.17, 15) is 4.79 Å². The maximum absolute atomic E-state index is 10.5. The van der Waals surface area contributed by atoms with E-state index in [1.165, 1.54) is 19.1 Å². The maximum Gasteiger partial charge on any atom is 0.221 e. The third-order valence-electron chi connectivity index (χ3n) is 1.19. The molecule has 1 aromatic carbocycles. The van der Waals surface area contributed by atoms with Gasteiger partial charge in [0.2, 0.25) is 5.91 Å². The van der Waals surface area contributed by atoms with Crippen molar-refractivity contribution in [2.24, 2.45) is 0 Å². The molecule has 0 aromatic heterocycles. The largest absolute Gasteiger partial charge is 0.508 e. The van der Waals surface area contributed by atoms with Crippen molar-refractivity contribution in [1.82, 2.24) is 0 Å². The van der Waals surface area contributed by atoms with Gasteiger partial charge >= 0.3 is 0 Å². The highest BCUT2D eigenvalue weighted by Gasteiger charge is 1.93. The Morgan fingerprint density at radius 2 is 1.77 bits per heavy atom. The average Bonchev–Trinajstić information content (AvgIpc) is 2.12. The molecule has 0 bridgehead atoms. The fourth-order valence-corrected chi connectivity index (χ4v) is 0.748. The zero-order chi connectivity index (χ0) is 10.3. The van der Waals surface area contributed by atoms with Crippen LogP contribution in [0.4, 0.5) is 5.69 Å². The number of thiol groups is 1. The summed E-state index contributed by atoms with van der Waals surface area (Å²) in [5, 5.41) is 11.5. The third kappa shape index (κ3) is 5.14. The number of phenols is 1. The van der Waals surface area contributed by atoms with E-state index in [-0.39, 0.29) is 11.7 Å². The van der Waals surface area contributed by atoms with E-state index in [0.717, 1.165) is 0 Å². The number of hydrogen-bond donors (Lipinski definition) is 3. The molecule has 0 aliphatic heterocycles. The van der Waals surface area contributed by atoms with Gasteiger partial charge in [0.1, 0.15) is 5.75 Å². The minimum absolute atomic E-state index is 0.115. The molecule has 1 rings (SSSR count). The Morgan fingerprint density at radius 3 is 2.15 bits per heavy atom. The Labute approximate surface area is 83.2 Å². The maximum atomic E-state index is 10.5. The Balaban J connectivity index is 0.000000671.